The lowest BCUT2D eigenvalue weighted by Crippen LogP contribution is -1.94. The summed E-state index contributed by atoms with van der Waals surface area (Å²) in [6, 6.07) is 15.3. The van der Waals surface area contributed by atoms with Crippen LogP contribution in [-0.2, 0) is 0 Å². The zero-order chi connectivity index (χ0) is 15.2. The van der Waals surface area contributed by atoms with Crippen LogP contribution in [0.2, 0.25) is 0 Å². The van der Waals surface area contributed by atoms with Gasteiger partial charge in [-0.05, 0) is 59.0 Å². The monoisotopic (exact) mass is 344 g/mol. The van der Waals surface area contributed by atoms with Crippen LogP contribution in [0.25, 0.3) is 5.57 Å². The number of ketones is 1. The summed E-state index contributed by atoms with van der Waals surface area (Å²) >= 11 is 3.46. The molecule has 2 aromatic rings. The molecule has 0 saturated heterocycles. The molecule has 0 aliphatic carbocycles. The second-order valence-electron chi connectivity index (χ2n) is 4.52. The maximum Gasteiger partial charge on any atom is 0.185 e. The quantitative estimate of drug-likeness (QED) is 0.412. The molecule has 21 heavy (non-hydrogen) atoms. The van der Waals surface area contributed by atoms with E-state index in [-0.39, 0.29) is 11.6 Å². The molecule has 0 heterocycles. The summed E-state index contributed by atoms with van der Waals surface area (Å²) in [6.07, 6.45) is 3.27. The van der Waals surface area contributed by atoms with Crippen molar-refractivity contribution in [2.75, 3.05) is 0 Å². The number of halogens is 2. The molecule has 2 rings (SSSR count). The minimum absolute atomic E-state index is 0.155. The highest BCUT2D eigenvalue weighted by Gasteiger charge is 2.04. The summed E-state index contributed by atoms with van der Waals surface area (Å²) in [4.78, 5) is 12.1. The predicted molar refractivity (Wildman–Crippen MR) is 87.8 cm³/mol. The van der Waals surface area contributed by atoms with Gasteiger partial charge in [-0.15, -0.1) is 0 Å². The fraction of sp³-hybridized carbons (Fsp3) is 0.0556. The average molecular weight is 345 g/mol. The number of hydrogen-bond acceptors (Lipinski definition) is 1. The lowest BCUT2D eigenvalue weighted by molar-refractivity contribution is 0.104. The molecular formula is C18H14BrFO. The van der Waals surface area contributed by atoms with Crippen molar-refractivity contribution < 1.29 is 9.18 Å². The Morgan fingerprint density at radius 1 is 0.952 bits per heavy atom. The first-order valence-corrected chi connectivity index (χ1v) is 7.27. The minimum Gasteiger partial charge on any atom is -0.289 e. The maximum absolute atomic E-state index is 12.8. The van der Waals surface area contributed by atoms with Crippen LogP contribution in [0.4, 0.5) is 4.39 Å². The van der Waals surface area contributed by atoms with E-state index in [2.05, 4.69) is 15.9 Å². The molecule has 0 bridgehead atoms. The van der Waals surface area contributed by atoms with Gasteiger partial charge < -0.3 is 0 Å². The van der Waals surface area contributed by atoms with Gasteiger partial charge in [-0.3, -0.25) is 4.79 Å². The Kier molecular flexibility index (Phi) is 5.23. The van der Waals surface area contributed by atoms with Gasteiger partial charge in [-0.2, -0.15) is 0 Å². The lowest BCUT2D eigenvalue weighted by Gasteiger charge is -2.04. The SMILES string of the molecule is C/C(Br)=C(/C=C/C(=O)c1ccc(F)cc1)c1ccccc1. The van der Waals surface area contributed by atoms with Crippen LogP contribution in [0.3, 0.4) is 0 Å². The molecule has 1 nitrogen and oxygen atoms in total. The van der Waals surface area contributed by atoms with Crippen molar-refractivity contribution in [1.29, 1.82) is 0 Å². The van der Waals surface area contributed by atoms with Crippen molar-refractivity contribution in [2.24, 2.45) is 0 Å². The second kappa shape index (κ2) is 7.14. The van der Waals surface area contributed by atoms with Gasteiger partial charge in [-0.25, -0.2) is 4.39 Å². The number of rotatable bonds is 4. The van der Waals surface area contributed by atoms with Gasteiger partial charge in [0.2, 0.25) is 0 Å². The van der Waals surface area contributed by atoms with Crippen LogP contribution in [0.5, 0.6) is 0 Å². The molecular weight excluding hydrogens is 331 g/mol. The van der Waals surface area contributed by atoms with Crippen molar-refractivity contribution in [3.63, 3.8) is 0 Å². The zero-order valence-corrected chi connectivity index (χ0v) is 13.1. The summed E-state index contributed by atoms with van der Waals surface area (Å²) in [5.74, 6) is -0.506. The van der Waals surface area contributed by atoms with Gasteiger partial charge in [0.25, 0.3) is 0 Å². The molecule has 2 aromatic carbocycles. The van der Waals surface area contributed by atoms with Gasteiger partial charge in [0, 0.05) is 5.56 Å². The molecule has 0 unspecified atom stereocenters. The molecule has 0 aliphatic rings. The van der Waals surface area contributed by atoms with Crippen LogP contribution in [0.15, 0.2) is 71.2 Å². The molecule has 0 fully saturated rings. The fourth-order valence-corrected chi connectivity index (χ4v) is 2.26. The van der Waals surface area contributed by atoms with Gasteiger partial charge in [0.1, 0.15) is 5.82 Å². The number of carbonyl (C=O) groups is 1. The number of benzene rings is 2. The third-order valence-electron chi connectivity index (χ3n) is 2.99. The second-order valence-corrected chi connectivity index (χ2v) is 5.71. The van der Waals surface area contributed by atoms with Gasteiger partial charge >= 0.3 is 0 Å². The smallest absolute Gasteiger partial charge is 0.185 e. The van der Waals surface area contributed by atoms with Crippen LogP contribution >= 0.6 is 15.9 Å². The third kappa shape index (κ3) is 4.23. The van der Waals surface area contributed by atoms with E-state index in [0.29, 0.717) is 5.56 Å². The molecule has 0 aromatic heterocycles. The van der Waals surface area contributed by atoms with Gasteiger partial charge in [0.05, 0.1) is 0 Å². The van der Waals surface area contributed by atoms with E-state index in [1.807, 2.05) is 37.3 Å². The Bertz CT molecular complexity index is 681. The first kappa shape index (κ1) is 15.4. The zero-order valence-electron chi connectivity index (χ0n) is 11.5. The van der Waals surface area contributed by atoms with Gasteiger partial charge in [0.15, 0.2) is 5.78 Å². The molecule has 0 amide bonds. The number of carbonyl (C=O) groups excluding carboxylic acids is 1. The van der Waals surface area contributed by atoms with E-state index in [0.717, 1.165) is 15.6 Å². The van der Waals surface area contributed by atoms with E-state index < -0.39 is 0 Å². The van der Waals surface area contributed by atoms with Crippen molar-refractivity contribution in [2.45, 2.75) is 6.92 Å². The van der Waals surface area contributed by atoms with E-state index >= 15 is 0 Å². The first-order chi connectivity index (χ1) is 10.1. The molecule has 0 radical (unpaired) electrons. The van der Waals surface area contributed by atoms with E-state index in [9.17, 15) is 9.18 Å². The summed E-state index contributed by atoms with van der Waals surface area (Å²) in [6.45, 7) is 1.93. The Morgan fingerprint density at radius 3 is 2.14 bits per heavy atom. The van der Waals surface area contributed by atoms with Crippen molar-refractivity contribution in [1.82, 2.24) is 0 Å². The van der Waals surface area contributed by atoms with Crippen LogP contribution < -0.4 is 0 Å². The Labute approximate surface area is 131 Å². The molecule has 0 atom stereocenters. The molecule has 0 N–H and O–H groups in total. The average Bonchev–Trinajstić information content (AvgIpc) is 2.48. The van der Waals surface area contributed by atoms with E-state index in [1.54, 1.807) is 6.08 Å². The van der Waals surface area contributed by atoms with Crippen molar-refractivity contribution in [3.8, 4) is 0 Å². The first-order valence-electron chi connectivity index (χ1n) is 6.47. The third-order valence-corrected chi connectivity index (χ3v) is 3.41. The molecule has 0 aliphatic heterocycles. The topological polar surface area (TPSA) is 17.1 Å². The number of hydrogen-bond donors (Lipinski definition) is 0. The summed E-state index contributed by atoms with van der Waals surface area (Å²) in [5, 5.41) is 0. The van der Waals surface area contributed by atoms with E-state index in [1.165, 1.54) is 30.3 Å². The highest BCUT2D eigenvalue weighted by molar-refractivity contribution is 9.11. The lowest BCUT2D eigenvalue weighted by atomic mass is 10.0. The fourth-order valence-electron chi connectivity index (χ4n) is 1.90. The molecule has 106 valence electrons. The molecule has 3 heteroatoms. The Balaban J connectivity index is 2.24. The standard InChI is InChI=1S/C18H14BrFO/c1-13(19)17(14-5-3-2-4-6-14)11-12-18(21)15-7-9-16(20)10-8-15/h2-12H,1H3/b12-11+,17-13+. The van der Waals surface area contributed by atoms with Gasteiger partial charge in [-0.1, -0.05) is 46.3 Å². The highest BCUT2D eigenvalue weighted by Crippen LogP contribution is 2.23. The summed E-state index contributed by atoms with van der Waals surface area (Å²) < 4.78 is 13.8. The summed E-state index contributed by atoms with van der Waals surface area (Å²) in [7, 11) is 0. The molecule has 0 saturated carbocycles. The predicted octanol–water partition coefficient (Wildman–Crippen LogP) is 5.39. The maximum atomic E-state index is 12.8. The highest BCUT2D eigenvalue weighted by atomic mass is 79.9. The molecule has 0 spiro atoms. The van der Waals surface area contributed by atoms with E-state index in [4.69, 9.17) is 0 Å². The van der Waals surface area contributed by atoms with Crippen molar-refractivity contribution in [3.05, 3.63) is 88.2 Å². The van der Waals surface area contributed by atoms with Crippen LogP contribution in [-0.4, -0.2) is 5.78 Å². The Hall–Kier alpha value is -2.00. The largest absolute Gasteiger partial charge is 0.289 e. The minimum atomic E-state index is -0.350. The van der Waals surface area contributed by atoms with Crippen LogP contribution in [0, 0.1) is 5.82 Å². The van der Waals surface area contributed by atoms with Crippen molar-refractivity contribution >= 4 is 27.3 Å². The summed E-state index contributed by atoms with van der Waals surface area (Å²) in [5.41, 5.74) is 2.42. The normalized spacial score (nSPS) is 12.3. The Morgan fingerprint density at radius 2 is 1.57 bits per heavy atom. The number of allylic oxidation sites excluding steroid dienone is 4. The van der Waals surface area contributed by atoms with Crippen LogP contribution in [0.1, 0.15) is 22.8 Å².